The molecular formula is C13H14N4O3S. The number of hydrogen-bond acceptors (Lipinski definition) is 6. The Kier molecular flexibility index (Phi) is 5.10. The number of ether oxygens (including phenoxy) is 1. The largest absolute Gasteiger partial charge is 0.461 e. The van der Waals surface area contributed by atoms with Crippen LogP contribution in [0.25, 0.3) is 0 Å². The molecule has 0 radical (unpaired) electrons. The lowest BCUT2D eigenvalue weighted by atomic mass is 10.3. The first-order chi connectivity index (χ1) is 10.2. The molecule has 7 nitrogen and oxygen atoms in total. The van der Waals surface area contributed by atoms with Gasteiger partial charge in [-0.3, -0.25) is 5.43 Å². The van der Waals surface area contributed by atoms with E-state index in [1.165, 1.54) is 11.3 Å². The molecule has 0 saturated heterocycles. The average molecular weight is 306 g/mol. The zero-order chi connectivity index (χ0) is 15.1. The maximum absolute atomic E-state index is 11.6. The number of aromatic nitrogens is 1. The first kappa shape index (κ1) is 14.8. The van der Waals surface area contributed by atoms with Gasteiger partial charge >= 0.3 is 12.0 Å². The van der Waals surface area contributed by atoms with Gasteiger partial charge in [-0.1, -0.05) is 18.2 Å². The highest BCUT2D eigenvalue weighted by Gasteiger charge is 2.11. The Hall–Kier alpha value is -2.61. The molecule has 3 N–H and O–H groups in total. The molecule has 0 fully saturated rings. The Morgan fingerprint density at radius 1 is 1.29 bits per heavy atom. The minimum Gasteiger partial charge on any atom is -0.461 e. The molecule has 8 heteroatoms. The number of para-hydroxylation sites is 1. The second-order valence-corrected chi connectivity index (χ2v) is 4.69. The van der Waals surface area contributed by atoms with Crippen LogP contribution >= 0.6 is 11.3 Å². The molecular weight excluding hydrogens is 292 g/mol. The van der Waals surface area contributed by atoms with Gasteiger partial charge in [-0.25, -0.2) is 20.0 Å². The summed E-state index contributed by atoms with van der Waals surface area (Å²) in [4.78, 5) is 27.1. The Morgan fingerprint density at radius 3 is 2.76 bits per heavy atom. The van der Waals surface area contributed by atoms with Crippen molar-refractivity contribution in [1.29, 1.82) is 0 Å². The van der Waals surface area contributed by atoms with Gasteiger partial charge in [-0.15, -0.1) is 11.3 Å². The number of rotatable bonds is 5. The van der Waals surface area contributed by atoms with Gasteiger partial charge < -0.3 is 10.1 Å². The van der Waals surface area contributed by atoms with E-state index in [0.717, 1.165) is 0 Å². The van der Waals surface area contributed by atoms with Crippen molar-refractivity contribution in [2.75, 3.05) is 17.3 Å². The summed E-state index contributed by atoms with van der Waals surface area (Å²) in [6.07, 6.45) is 0. The van der Waals surface area contributed by atoms with Crippen LogP contribution < -0.4 is 16.2 Å². The van der Waals surface area contributed by atoms with Crippen LogP contribution in [-0.4, -0.2) is 23.6 Å². The average Bonchev–Trinajstić information content (AvgIpc) is 2.95. The molecule has 110 valence electrons. The lowest BCUT2D eigenvalue weighted by Gasteiger charge is -2.07. The number of carbonyl (C=O) groups excluding carboxylic acids is 2. The van der Waals surface area contributed by atoms with Gasteiger partial charge in [-0.05, 0) is 19.1 Å². The summed E-state index contributed by atoms with van der Waals surface area (Å²) in [6, 6.07) is 8.58. The van der Waals surface area contributed by atoms with E-state index in [-0.39, 0.29) is 12.3 Å². The third-order valence-corrected chi connectivity index (χ3v) is 3.06. The van der Waals surface area contributed by atoms with Crippen LogP contribution in [0.3, 0.4) is 0 Å². The molecule has 1 aromatic heterocycles. The van der Waals surface area contributed by atoms with Crippen molar-refractivity contribution in [3.8, 4) is 0 Å². The number of esters is 1. The number of amides is 2. The molecule has 1 aromatic carbocycles. The first-order valence-electron chi connectivity index (χ1n) is 6.19. The van der Waals surface area contributed by atoms with Gasteiger partial charge in [0.1, 0.15) is 0 Å². The molecule has 0 bridgehead atoms. The minimum atomic E-state index is -0.490. The third-order valence-electron chi connectivity index (χ3n) is 2.30. The Labute approximate surface area is 125 Å². The number of thiazole rings is 1. The molecule has 0 unspecified atom stereocenters. The SMILES string of the molecule is CCOC(=O)c1csc(NNC(=O)Nc2ccccc2)n1. The molecule has 0 aliphatic heterocycles. The van der Waals surface area contributed by atoms with Crippen molar-refractivity contribution in [3.05, 3.63) is 41.4 Å². The standard InChI is InChI=1S/C13H14N4O3S/c1-2-20-11(18)10-8-21-13(15-10)17-16-12(19)14-9-6-4-3-5-7-9/h3-8H,2H2,1H3,(H,15,17)(H2,14,16,19). The molecule has 1 heterocycles. The summed E-state index contributed by atoms with van der Waals surface area (Å²) >= 11 is 1.19. The second kappa shape index (κ2) is 7.25. The zero-order valence-corrected chi connectivity index (χ0v) is 12.1. The number of carbonyl (C=O) groups is 2. The normalized spacial score (nSPS) is 9.76. The van der Waals surface area contributed by atoms with Crippen LogP contribution in [0.5, 0.6) is 0 Å². The van der Waals surface area contributed by atoms with E-state index in [1.807, 2.05) is 18.2 Å². The molecule has 0 aliphatic rings. The maximum atomic E-state index is 11.6. The van der Waals surface area contributed by atoms with Gasteiger partial charge in [-0.2, -0.15) is 0 Å². The lowest BCUT2D eigenvalue weighted by Crippen LogP contribution is -2.33. The summed E-state index contributed by atoms with van der Waals surface area (Å²) < 4.78 is 4.82. The quantitative estimate of drug-likeness (QED) is 0.583. The first-order valence-corrected chi connectivity index (χ1v) is 7.07. The molecule has 0 saturated carbocycles. The van der Waals surface area contributed by atoms with Crippen molar-refractivity contribution >= 4 is 34.2 Å². The van der Waals surface area contributed by atoms with E-state index in [4.69, 9.17) is 4.74 Å². The minimum absolute atomic E-state index is 0.203. The zero-order valence-electron chi connectivity index (χ0n) is 11.3. The van der Waals surface area contributed by atoms with Crippen molar-refractivity contribution in [1.82, 2.24) is 10.4 Å². The van der Waals surface area contributed by atoms with Gasteiger partial charge in [0.15, 0.2) is 5.69 Å². The van der Waals surface area contributed by atoms with Crippen LogP contribution in [0.1, 0.15) is 17.4 Å². The Bertz CT molecular complexity index is 615. The maximum Gasteiger partial charge on any atom is 0.357 e. The van der Waals surface area contributed by atoms with Crippen LogP contribution in [0.15, 0.2) is 35.7 Å². The van der Waals surface area contributed by atoms with Crippen LogP contribution in [0.4, 0.5) is 15.6 Å². The number of hydrazine groups is 1. The highest BCUT2D eigenvalue weighted by Crippen LogP contribution is 2.15. The molecule has 0 aliphatic carbocycles. The second-order valence-electron chi connectivity index (χ2n) is 3.83. The van der Waals surface area contributed by atoms with Crippen LogP contribution in [0.2, 0.25) is 0 Å². The Balaban J connectivity index is 1.83. The van der Waals surface area contributed by atoms with Crippen molar-refractivity contribution in [2.24, 2.45) is 0 Å². The summed E-state index contributed by atoms with van der Waals surface area (Å²) in [6.45, 7) is 2.01. The Morgan fingerprint density at radius 2 is 2.05 bits per heavy atom. The number of urea groups is 1. The fourth-order valence-corrected chi connectivity index (χ4v) is 2.06. The molecule has 2 aromatic rings. The number of benzene rings is 1. The van der Waals surface area contributed by atoms with Crippen molar-refractivity contribution in [2.45, 2.75) is 6.92 Å². The topological polar surface area (TPSA) is 92.4 Å². The van der Waals surface area contributed by atoms with Crippen LogP contribution in [-0.2, 0) is 4.74 Å². The van der Waals surface area contributed by atoms with E-state index < -0.39 is 12.0 Å². The number of anilines is 2. The molecule has 0 atom stereocenters. The van der Waals surface area contributed by atoms with E-state index in [0.29, 0.717) is 10.8 Å². The third kappa shape index (κ3) is 4.46. The monoisotopic (exact) mass is 306 g/mol. The van der Waals surface area contributed by atoms with Gasteiger partial charge in [0.05, 0.1) is 6.61 Å². The summed E-state index contributed by atoms with van der Waals surface area (Å²) in [5.74, 6) is -0.490. The smallest absolute Gasteiger partial charge is 0.357 e. The summed E-state index contributed by atoms with van der Waals surface area (Å²) in [5, 5.41) is 4.58. The van der Waals surface area contributed by atoms with Gasteiger partial charge in [0.25, 0.3) is 0 Å². The van der Waals surface area contributed by atoms with Gasteiger partial charge in [0, 0.05) is 11.1 Å². The van der Waals surface area contributed by atoms with Crippen molar-refractivity contribution < 1.29 is 14.3 Å². The summed E-state index contributed by atoms with van der Waals surface area (Å²) in [7, 11) is 0. The number of nitrogens with zero attached hydrogens (tertiary/aromatic N) is 1. The molecule has 2 rings (SSSR count). The number of hydrogen-bond donors (Lipinski definition) is 3. The molecule has 0 spiro atoms. The number of nitrogens with one attached hydrogen (secondary N) is 3. The van der Waals surface area contributed by atoms with E-state index in [9.17, 15) is 9.59 Å². The van der Waals surface area contributed by atoms with E-state index in [2.05, 4.69) is 21.2 Å². The predicted molar refractivity (Wildman–Crippen MR) is 80.3 cm³/mol. The van der Waals surface area contributed by atoms with Gasteiger partial charge in [0.2, 0.25) is 5.13 Å². The predicted octanol–water partition coefficient (Wildman–Crippen LogP) is 2.47. The van der Waals surface area contributed by atoms with E-state index in [1.54, 1.807) is 24.4 Å². The summed E-state index contributed by atoms with van der Waals surface area (Å²) in [5.41, 5.74) is 5.92. The highest BCUT2D eigenvalue weighted by atomic mass is 32.1. The van der Waals surface area contributed by atoms with Crippen molar-refractivity contribution in [3.63, 3.8) is 0 Å². The fourth-order valence-electron chi connectivity index (χ4n) is 1.42. The van der Waals surface area contributed by atoms with Crippen LogP contribution in [0, 0.1) is 0 Å². The highest BCUT2D eigenvalue weighted by molar-refractivity contribution is 7.13. The lowest BCUT2D eigenvalue weighted by molar-refractivity contribution is 0.0520. The molecule has 2 amide bonds. The fraction of sp³-hybridized carbons (Fsp3) is 0.154. The van der Waals surface area contributed by atoms with E-state index >= 15 is 0 Å². The molecule has 21 heavy (non-hydrogen) atoms.